The van der Waals surface area contributed by atoms with Crippen LogP contribution in [0.3, 0.4) is 0 Å². The molecule has 0 saturated carbocycles. The Morgan fingerprint density at radius 3 is 3.08 bits per heavy atom. The van der Waals surface area contributed by atoms with Gasteiger partial charge in [-0.15, -0.1) is 0 Å². The number of aryl methyl sites for hydroxylation is 2. The van der Waals surface area contributed by atoms with E-state index in [1.807, 2.05) is 0 Å². The summed E-state index contributed by atoms with van der Waals surface area (Å²) in [6.07, 6.45) is 4.75. The molecule has 1 heteroatoms. The standard InChI is InChI=1S/C12H17N/c1-2-9-6-7-11-10(8-9)4-3-5-12(11)13/h6-8,12H,2-5,13H2,1H3. The van der Waals surface area contributed by atoms with Crippen molar-refractivity contribution in [1.29, 1.82) is 0 Å². The van der Waals surface area contributed by atoms with E-state index in [0.29, 0.717) is 0 Å². The lowest BCUT2D eigenvalue weighted by molar-refractivity contribution is 0.570. The smallest absolute Gasteiger partial charge is 0.0297 e. The van der Waals surface area contributed by atoms with Gasteiger partial charge in [-0.2, -0.15) is 0 Å². The minimum atomic E-state index is 0.287. The van der Waals surface area contributed by atoms with Crippen molar-refractivity contribution in [2.24, 2.45) is 5.73 Å². The van der Waals surface area contributed by atoms with Crippen molar-refractivity contribution in [2.45, 2.75) is 38.6 Å². The van der Waals surface area contributed by atoms with Crippen LogP contribution < -0.4 is 5.73 Å². The van der Waals surface area contributed by atoms with E-state index in [1.165, 1.54) is 29.5 Å². The Morgan fingerprint density at radius 2 is 2.31 bits per heavy atom. The molecule has 1 aliphatic rings. The van der Waals surface area contributed by atoms with Gasteiger partial charge in [0.1, 0.15) is 0 Å². The number of hydrogen-bond acceptors (Lipinski definition) is 1. The van der Waals surface area contributed by atoms with Crippen molar-refractivity contribution >= 4 is 0 Å². The molecular formula is C12H17N. The molecule has 13 heavy (non-hydrogen) atoms. The van der Waals surface area contributed by atoms with Gasteiger partial charge in [-0.3, -0.25) is 0 Å². The highest BCUT2D eigenvalue weighted by atomic mass is 14.6. The Bertz CT molecular complexity index is 304. The van der Waals surface area contributed by atoms with Crippen LogP contribution in [-0.4, -0.2) is 0 Å². The van der Waals surface area contributed by atoms with Gasteiger partial charge in [0, 0.05) is 6.04 Å². The van der Waals surface area contributed by atoms with E-state index < -0.39 is 0 Å². The highest BCUT2D eigenvalue weighted by Gasteiger charge is 2.15. The summed E-state index contributed by atoms with van der Waals surface area (Å²) in [5.74, 6) is 0. The molecule has 1 aromatic carbocycles. The molecular weight excluding hydrogens is 158 g/mol. The summed E-state index contributed by atoms with van der Waals surface area (Å²) >= 11 is 0. The molecule has 1 unspecified atom stereocenters. The summed E-state index contributed by atoms with van der Waals surface area (Å²) in [6.45, 7) is 2.20. The third kappa shape index (κ3) is 1.61. The van der Waals surface area contributed by atoms with Crippen LogP contribution in [0.25, 0.3) is 0 Å². The fourth-order valence-corrected chi connectivity index (χ4v) is 2.13. The van der Waals surface area contributed by atoms with Gasteiger partial charge in [-0.1, -0.05) is 25.1 Å². The summed E-state index contributed by atoms with van der Waals surface area (Å²) in [5.41, 5.74) is 10.3. The van der Waals surface area contributed by atoms with Crippen molar-refractivity contribution < 1.29 is 0 Å². The molecule has 1 atom stereocenters. The highest BCUT2D eigenvalue weighted by Crippen LogP contribution is 2.28. The maximum absolute atomic E-state index is 6.04. The number of benzene rings is 1. The maximum atomic E-state index is 6.04. The predicted octanol–water partition coefficient (Wildman–Crippen LogP) is 2.59. The molecule has 2 rings (SSSR count). The molecule has 0 amide bonds. The molecule has 1 aromatic rings. The third-order valence-electron chi connectivity index (χ3n) is 2.98. The fraction of sp³-hybridized carbons (Fsp3) is 0.500. The van der Waals surface area contributed by atoms with Gasteiger partial charge in [0.05, 0.1) is 0 Å². The lowest BCUT2D eigenvalue weighted by Gasteiger charge is -2.22. The number of nitrogens with two attached hydrogens (primary N) is 1. The van der Waals surface area contributed by atoms with Crippen LogP contribution in [0.5, 0.6) is 0 Å². The van der Waals surface area contributed by atoms with Crippen molar-refractivity contribution in [1.82, 2.24) is 0 Å². The first-order valence-electron chi connectivity index (χ1n) is 5.18. The van der Waals surface area contributed by atoms with Crippen molar-refractivity contribution in [3.8, 4) is 0 Å². The van der Waals surface area contributed by atoms with E-state index >= 15 is 0 Å². The first kappa shape index (κ1) is 8.76. The summed E-state index contributed by atoms with van der Waals surface area (Å²) in [5, 5.41) is 0. The molecule has 0 fully saturated rings. The number of hydrogen-bond donors (Lipinski definition) is 1. The topological polar surface area (TPSA) is 26.0 Å². The van der Waals surface area contributed by atoms with Crippen LogP contribution in [0, 0.1) is 0 Å². The molecule has 0 aromatic heterocycles. The third-order valence-corrected chi connectivity index (χ3v) is 2.98. The van der Waals surface area contributed by atoms with Gasteiger partial charge < -0.3 is 5.73 Å². The van der Waals surface area contributed by atoms with Crippen molar-refractivity contribution in [3.05, 3.63) is 34.9 Å². The van der Waals surface area contributed by atoms with Crippen molar-refractivity contribution in [3.63, 3.8) is 0 Å². The average Bonchev–Trinajstić information content (AvgIpc) is 2.18. The zero-order valence-electron chi connectivity index (χ0n) is 8.22. The average molecular weight is 175 g/mol. The SMILES string of the molecule is CCc1ccc2c(c1)CCCC2N. The Hall–Kier alpha value is -0.820. The molecule has 0 heterocycles. The minimum Gasteiger partial charge on any atom is -0.324 e. The molecule has 0 bridgehead atoms. The van der Waals surface area contributed by atoms with Crippen LogP contribution in [0.1, 0.15) is 42.5 Å². The minimum absolute atomic E-state index is 0.287. The lowest BCUT2D eigenvalue weighted by atomic mass is 9.87. The van der Waals surface area contributed by atoms with E-state index in [2.05, 4.69) is 25.1 Å². The molecule has 2 N–H and O–H groups in total. The maximum Gasteiger partial charge on any atom is 0.0297 e. The summed E-state index contributed by atoms with van der Waals surface area (Å²) in [7, 11) is 0. The molecule has 0 aliphatic heterocycles. The van der Waals surface area contributed by atoms with Crippen molar-refractivity contribution in [2.75, 3.05) is 0 Å². The van der Waals surface area contributed by atoms with E-state index in [-0.39, 0.29) is 6.04 Å². The second-order valence-corrected chi connectivity index (χ2v) is 3.89. The summed E-state index contributed by atoms with van der Waals surface area (Å²) in [6, 6.07) is 7.05. The molecule has 0 radical (unpaired) electrons. The zero-order valence-corrected chi connectivity index (χ0v) is 8.22. The molecule has 70 valence electrons. The monoisotopic (exact) mass is 175 g/mol. The van der Waals surface area contributed by atoms with Crippen LogP contribution in [0.4, 0.5) is 0 Å². The molecule has 0 spiro atoms. The van der Waals surface area contributed by atoms with Crippen LogP contribution in [0.2, 0.25) is 0 Å². The van der Waals surface area contributed by atoms with E-state index in [4.69, 9.17) is 5.73 Å². The van der Waals surface area contributed by atoms with Crippen LogP contribution in [0.15, 0.2) is 18.2 Å². The first-order valence-corrected chi connectivity index (χ1v) is 5.18. The van der Waals surface area contributed by atoms with Gasteiger partial charge in [-0.05, 0) is 42.4 Å². The van der Waals surface area contributed by atoms with Gasteiger partial charge in [0.15, 0.2) is 0 Å². The Morgan fingerprint density at radius 1 is 1.46 bits per heavy atom. The largest absolute Gasteiger partial charge is 0.324 e. The quantitative estimate of drug-likeness (QED) is 0.697. The normalized spacial score (nSPS) is 21.2. The molecule has 0 saturated heterocycles. The summed E-state index contributed by atoms with van der Waals surface area (Å²) in [4.78, 5) is 0. The summed E-state index contributed by atoms with van der Waals surface area (Å²) < 4.78 is 0. The Labute approximate surface area is 80.0 Å². The highest BCUT2D eigenvalue weighted by molar-refractivity contribution is 5.35. The number of fused-ring (bicyclic) bond motifs is 1. The molecule has 1 nitrogen and oxygen atoms in total. The Balaban J connectivity index is 2.39. The fourth-order valence-electron chi connectivity index (χ4n) is 2.13. The predicted molar refractivity (Wildman–Crippen MR) is 55.7 cm³/mol. The van der Waals surface area contributed by atoms with E-state index in [9.17, 15) is 0 Å². The second kappa shape index (κ2) is 3.51. The second-order valence-electron chi connectivity index (χ2n) is 3.89. The van der Waals surface area contributed by atoms with Gasteiger partial charge in [-0.25, -0.2) is 0 Å². The van der Waals surface area contributed by atoms with Gasteiger partial charge >= 0.3 is 0 Å². The first-order chi connectivity index (χ1) is 6.31. The van der Waals surface area contributed by atoms with E-state index in [1.54, 1.807) is 0 Å². The zero-order chi connectivity index (χ0) is 9.26. The van der Waals surface area contributed by atoms with Gasteiger partial charge in [0.25, 0.3) is 0 Å². The lowest BCUT2D eigenvalue weighted by Crippen LogP contribution is -2.17. The van der Waals surface area contributed by atoms with Crippen LogP contribution >= 0.6 is 0 Å². The van der Waals surface area contributed by atoms with Crippen LogP contribution in [-0.2, 0) is 12.8 Å². The van der Waals surface area contributed by atoms with Gasteiger partial charge in [0.2, 0.25) is 0 Å². The molecule has 1 aliphatic carbocycles. The number of rotatable bonds is 1. The van der Waals surface area contributed by atoms with E-state index in [0.717, 1.165) is 12.8 Å². The Kier molecular flexibility index (Phi) is 2.36.